The molecule has 3 rings (SSSR count). The fourth-order valence-electron chi connectivity index (χ4n) is 3.43. The summed E-state index contributed by atoms with van der Waals surface area (Å²) in [6, 6.07) is 4.51. The van der Waals surface area contributed by atoms with Crippen LogP contribution in [0.25, 0.3) is 0 Å². The summed E-state index contributed by atoms with van der Waals surface area (Å²) >= 11 is 1.92. The van der Waals surface area contributed by atoms with Crippen LogP contribution < -0.4 is 0 Å². The van der Waals surface area contributed by atoms with Crippen LogP contribution in [0.5, 0.6) is 0 Å². The Bertz CT molecular complexity index is 459. The summed E-state index contributed by atoms with van der Waals surface area (Å²) in [6.07, 6.45) is 6.80. The van der Waals surface area contributed by atoms with Crippen molar-refractivity contribution in [1.29, 1.82) is 0 Å². The molecule has 1 aromatic rings. The molecule has 2 fully saturated rings. The van der Waals surface area contributed by atoms with Gasteiger partial charge in [-0.1, -0.05) is 31.0 Å². The van der Waals surface area contributed by atoms with E-state index in [1.165, 1.54) is 32.1 Å². The molecule has 2 aliphatic rings. The SMILES string of the molecule is CN1CCN(Cc2ccc(SC3CCCCC3)o2)CC1CO. The molecule has 0 amide bonds. The van der Waals surface area contributed by atoms with Crippen LogP contribution in [0.15, 0.2) is 21.6 Å². The van der Waals surface area contributed by atoms with Gasteiger partial charge < -0.3 is 9.52 Å². The molecule has 0 bridgehead atoms. The van der Waals surface area contributed by atoms with E-state index in [2.05, 4.69) is 29.0 Å². The predicted molar refractivity (Wildman–Crippen MR) is 90.2 cm³/mol. The van der Waals surface area contributed by atoms with Gasteiger partial charge >= 0.3 is 0 Å². The van der Waals surface area contributed by atoms with Crippen LogP contribution >= 0.6 is 11.8 Å². The Hall–Kier alpha value is -0.490. The van der Waals surface area contributed by atoms with Gasteiger partial charge in [-0.2, -0.15) is 0 Å². The number of hydrogen-bond donors (Lipinski definition) is 1. The standard InChI is InChI=1S/C17H28N2O2S/c1-18-9-10-19(11-14(18)13-20)12-15-7-8-17(21-15)22-16-5-3-2-4-6-16/h7-8,14,16,20H,2-6,9-13H2,1H3. The zero-order chi connectivity index (χ0) is 15.4. The zero-order valence-corrected chi connectivity index (χ0v) is 14.4. The number of rotatable bonds is 5. The van der Waals surface area contributed by atoms with Crippen molar-refractivity contribution in [1.82, 2.24) is 9.80 Å². The third-order valence-corrected chi connectivity index (χ3v) is 6.18. The molecule has 1 saturated carbocycles. The minimum Gasteiger partial charge on any atom is -0.454 e. The second kappa shape index (κ2) is 7.86. The maximum absolute atomic E-state index is 9.44. The lowest BCUT2D eigenvalue weighted by Crippen LogP contribution is -2.52. The monoisotopic (exact) mass is 324 g/mol. The van der Waals surface area contributed by atoms with E-state index >= 15 is 0 Å². The molecule has 1 unspecified atom stereocenters. The van der Waals surface area contributed by atoms with Crippen molar-refractivity contribution in [3.05, 3.63) is 17.9 Å². The van der Waals surface area contributed by atoms with Crippen molar-refractivity contribution in [2.75, 3.05) is 33.3 Å². The second-order valence-corrected chi connectivity index (χ2v) is 7.96. The number of likely N-dealkylation sites (N-methyl/N-ethyl adjacent to an activating group) is 1. The number of hydrogen-bond acceptors (Lipinski definition) is 5. The molecule has 1 saturated heterocycles. The summed E-state index contributed by atoms with van der Waals surface area (Å²) in [6.45, 7) is 4.05. The Balaban J connectivity index is 1.50. The van der Waals surface area contributed by atoms with Gasteiger partial charge in [-0.15, -0.1) is 0 Å². The summed E-state index contributed by atoms with van der Waals surface area (Å²) in [5.74, 6) is 1.06. The van der Waals surface area contributed by atoms with Crippen molar-refractivity contribution < 1.29 is 9.52 Å². The summed E-state index contributed by atoms with van der Waals surface area (Å²) in [5, 5.41) is 11.3. The number of thioether (sulfide) groups is 1. The Kier molecular flexibility index (Phi) is 5.85. The minimum atomic E-state index is 0.230. The van der Waals surface area contributed by atoms with Gasteiger partial charge in [-0.25, -0.2) is 0 Å². The number of aliphatic hydroxyl groups excluding tert-OH is 1. The molecule has 0 aromatic carbocycles. The van der Waals surface area contributed by atoms with Crippen molar-refractivity contribution in [3.8, 4) is 0 Å². The van der Waals surface area contributed by atoms with Gasteiger partial charge in [0.2, 0.25) is 0 Å². The Morgan fingerprint density at radius 2 is 2.05 bits per heavy atom. The molecule has 1 aliphatic carbocycles. The van der Waals surface area contributed by atoms with Gasteiger partial charge in [-0.3, -0.25) is 9.80 Å². The highest BCUT2D eigenvalue weighted by Crippen LogP contribution is 2.34. The van der Waals surface area contributed by atoms with E-state index in [9.17, 15) is 5.11 Å². The largest absolute Gasteiger partial charge is 0.454 e. The molecule has 124 valence electrons. The van der Waals surface area contributed by atoms with Crippen LogP contribution in [0.3, 0.4) is 0 Å². The molecule has 1 aliphatic heterocycles. The molecular weight excluding hydrogens is 296 g/mol. The summed E-state index contributed by atoms with van der Waals surface area (Å²) in [7, 11) is 2.09. The van der Waals surface area contributed by atoms with Crippen LogP contribution in [0.4, 0.5) is 0 Å². The first-order valence-corrected chi connectivity index (χ1v) is 9.41. The minimum absolute atomic E-state index is 0.230. The average Bonchev–Trinajstić information content (AvgIpc) is 2.97. The molecule has 0 radical (unpaired) electrons. The molecular formula is C17H28N2O2S. The number of aliphatic hydroxyl groups is 1. The summed E-state index contributed by atoms with van der Waals surface area (Å²) in [5.41, 5.74) is 0. The first-order valence-electron chi connectivity index (χ1n) is 8.53. The number of furan rings is 1. The van der Waals surface area contributed by atoms with E-state index in [1.54, 1.807) is 0 Å². The second-order valence-electron chi connectivity index (χ2n) is 6.65. The molecule has 22 heavy (non-hydrogen) atoms. The molecule has 4 nitrogen and oxygen atoms in total. The molecule has 5 heteroatoms. The van der Waals surface area contributed by atoms with Crippen molar-refractivity contribution in [2.45, 2.75) is 55.0 Å². The Morgan fingerprint density at radius 1 is 1.23 bits per heavy atom. The lowest BCUT2D eigenvalue weighted by molar-refractivity contribution is 0.0503. The molecule has 1 atom stereocenters. The lowest BCUT2D eigenvalue weighted by atomic mass is 10.0. The van der Waals surface area contributed by atoms with Crippen LogP contribution in [0, 0.1) is 0 Å². The van der Waals surface area contributed by atoms with Crippen LogP contribution in [-0.4, -0.2) is 59.5 Å². The highest BCUT2D eigenvalue weighted by atomic mass is 32.2. The summed E-state index contributed by atoms with van der Waals surface area (Å²) in [4.78, 5) is 4.62. The normalized spacial score (nSPS) is 25.6. The van der Waals surface area contributed by atoms with Crippen LogP contribution in [0.1, 0.15) is 37.9 Å². The quantitative estimate of drug-likeness (QED) is 0.902. The van der Waals surface area contributed by atoms with E-state index in [4.69, 9.17) is 4.42 Å². The van der Waals surface area contributed by atoms with Gasteiger partial charge in [0.15, 0.2) is 5.09 Å². The number of piperazine rings is 1. The Morgan fingerprint density at radius 3 is 2.82 bits per heavy atom. The third-order valence-electron chi connectivity index (χ3n) is 4.92. The highest BCUT2D eigenvalue weighted by molar-refractivity contribution is 7.99. The smallest absolute Gasteiger partial charge is 0.160 e. The van der Waals surface area contributed by atoms with Crippen molar-refractivity contribution in [3.63, 3.8) is 0 Å². The van der Waals surface area contributed by atoms with Gasteiger partial charge in [0, 0.05) is 30.9 Å². The molecule has 2 heterocycles. The third kappa shape index (κ3) is 4.28. The van der Waals surface area contributed by atoms with Gasteiger partial charge in [-0.05, 0) is 32.0 Å². The van der Waals surface area contributed by atoms with Gasteiger partial charge in [0.25, 0.3) is 0 Å². The predicted octanol–water partition coefficient (Wildman–Crippen LogP) is 2.81. The number of nitrogens with zero attached hydrogens (tertiary/aromatic N) is 2. The average molecular weight is 324 g/mol. The molecule has 1 N–H and O–H groups in total. The maximum atomic E-state index is 9.44. The highest BCUT2D eigenvalue weighted by Gasteiger charge is 2.24. The van der Waals surface area contributed by atoms with Crippen molar-refractivity contribution >= 4 is 11.8 Å². The van der Waals surface area contributed by atoms with E-state index in [0.717, 1.165) is 42.3 Å². The lowest BCUT2D eigenvalue weighted by Gasteiger charge is -2.38. The topological polar surface area (TPSA) is 39.9 Å². The summed E-state index contributed by atoms with van der Waals surface area (Å²) < 4.78 is 6.03. The maximum Gasteiger partial charge on any atom is 0.160 e. The first kappa shape index (κ1) is 16.4. The zero-order valence-electron chi connectivity index (χ0n) is 13.5. The molecule has 0 spiro atoms. The van der Waals surface area contributed by atoms with E-state index in [1.807, 2.05) is 11.8 Å². The Labute approximate surface area is 137 Å². The van der Waals surface area contributed by atoms with E-state index in [0.29, 0.717) is 0 Å². The van der Waals surface area contributed by atoms with E-state index in [-0.39, 0.29) is 12.6 Å². The van der Waals surface area contributed by atoms with Crippen LogP contribution in [-0.2, 0) is 6.54 Å². The van der Waals surface area contributed by atoms with E-state index < -0.39 is 0 Å². The fraction of sp³-hybridized carbons (Fsp3) is 0.765. The van der Waals surface area contributed by atoms with Gasteiger partial charge in [0.05, 0.1) is 13.2 Å². The fourth-order valence-corrected chi connectivity index (χ4v) is 4.62. The molecule has 1 aromatic heterocycles. The first-order chi connectivity index (χ1) is 10.7. The van der Waals surface area contributed by atoms with Crippen molar-refractivity contribution in [2.24, 2.45) is 0 Å². The van der Waals surface area contributed by atoms with Crippen LogP contribution in [0.2, 0.25) is 0 Å². The van der Waals surface area contributed by atoms with Gasteiger partial charge in [0.1, 0.15) is 5.76 Å².